The molecular weight excluding hydrogens is 702 g/mol. The van der Waals surface area contributed by atoms with Gasteiger partial charge in [-0.15, -0.1) is 0 Å². The molecule has 0 aliphatic carbocycles. The summed E-state index contributed by atoms with van der Waals surface area (Å²) >= 11 is 0. The average molecular weight is 788 g/mol. The molecule has 9 unspecified atom stereocenters. The molecule has 1 saturated heterocycles. The highest BCUT2D eigenvalue weighted by atomic mass is 16.7. The number of amides is 1. The van der Waals surface area contributed by atoms with Crippen LogP contribution in [0.4, 0.5) is 0 Å². The van der Waals surface area contributed by atoms with Crippen LogP contribution in [0.5, 0.6) is 0 Å². The summed E-state index contributed by atoms with van der Waals surface area (Å²) < 4.78 is 11.0. The normalized spacial score (nSPS) is 22.5. The molecule has 326 valence electrons. The lowest BCUT2D eigenvalue weighted by atomic mass is 9.98. The molecule has 11 nitrogen and oxygen atoms in total. The molecule has 0 bridgehead atoms. The van der Waals surface area contributed by atoms with Gasteiger partial charge in [-0.05, 0) is 32.1 Å². The van der Waals surface area contributed by atoms with Gasteiger partial charge in [0, 0.05) is 0 Å². The Bertz CT molecular complexity index is 908. The lowest BCUT2D eigenvalue weighted by Gasteiger charge is -2.40. The van der Waals surface area contributed by atoms with Gasteiger partial charge in [0.05, 0.1) is 25.4 Å². The summed E-state index contributed by atoms with van der Waals surface area (Å²) in [4.78, 5) is 13.0. The number of hydrogen-bond acceptors (Lipinski definition) is 10. The maximum atomic E-state index is 13.0. The van der Waals surface area contributed by atoms with Gasteiger partial charge in [-0.3, -0.25) is 4.79 Å². The van der Waals surface area contributed by atoms with Crippen LogP contribution in [-0.4, -0.2) is 110 Å². The van der Waals surface area contributed by atoms with Crippen LogP contribution in [0.1, 0.15) is 194 Å². The first-order chi connectivity index (χ1) is 26.7. The van der Waals surface area contributed by atoms with Gasteiger partial charge >= 0.3 is 0 Å². The number of carbonyl (C=O) groups is 1. The van der Waals surface area contributed by atoms with Gasteiger partial charge in [-0.25, -0.2) is 0 Å². The number of carbonyl (C=O) groups excluding carboxylic acids is 1. The Kier molecular flexibility index (Phi) is 32.9. The summed E-state index contributed by atoms with van der Waals surface area (Å²) in [6.45, 7) is 3.36. The van der Waals surface area contributed by atoms with Crippen LogP contribution >= 0.6 is 0 Å². The molecule has 0 radical (unpaired) electrons. The molecule has 9 atom stereocenters. The Morgan fingerprint density at radius 2 is 1.07 bits per heavy atom. The molecule has 1 heterocycles. The Balaban J connectivity index is 2.40. The highest BCUT2D eigenvalue weighted by Gasteiger charge is 2.44. The van der Waals surface area contributed by atoms with E-state index in [-0.39, 0.29) is 6.42 Å². The van der Waals surface area contributed by atoms with Gasteiger partial charge < -0.3 is 50.5 Å². The first-order valence-electron chi connectivity index (χ1n) is 22.6. The van der Waals surface area contributed by atoms with Crippen molar-refractivity contribution in [2.24, 2.45) is 0 Å². The fourth-order valence-corrected chi connectivity index (χ4v) is 7.27. The van der Waals surface area contributed by atoms with Gasteiger partial charge in [0.15, 0.2) is 6.29 Å². The van der Waals surface area contributed by atoms with Gasteiger partial charge in [0.1, 0.15) is 36.6 Å². The van der Waals surface area contributed by atoms with Gasteiger partial charge in [-0.2, -0.15) is 0 Å². The van der Waals surface area contributed by atoms with E-state index in [1.54, 1.807) is 0 Å². The molecular formula is C44H85NO10. The van der Waals surface area contributed by atoms with E-state index in [0.717, 1.165) is 32.1 Å². The van der Waals surface area contributed by atoms with Crippen LogP contribution in [0.2, 0.25) is 0 Å². The van der Waals surface area contributed by atoms with Crippen molar-refractivity contribution in [3.63, 3.8) is 0 Å². The maximum Gasteiger partial charge on any atom is 0.249 e. The first kappa shape index (κ1) is 51.9. The molecule has 0 spiro atoms. The molecule has 0 aromatic carbocycles. The molecule has 1 rings (SSSR count). The Morgan fingerprint density at radius 1 is 0.618 bits per heavy atom. The van der Waals surface area contributed by atoms with E-state index in [2.05, 4.69) is 25.2 Å². The molecule has 1 aliphatic heterocycles. The van der Waals surface area contributed by atoms with Gasteiger partial charge in [-0.1, -0.05) is 174 Å². The SMILES string of the molecule is CCCCCC/C=C\CCC(O)C(=O)NC(COC1OC(CO)C(O)C(O)C1O)C(O)C(O)CCCCCCCCCCCCCCCCCCCCCC. The van der Waals surface area contributed by atoms with Crippen molar-refractivity contribution in [3.05, 3.63) is 12.2 Å². The third-order valence-electron chi connectivity index (χ3n) is 11.1. The average Bonchev–Trinajstić information content (AvgIpc) is 3.18. The van der Waals surface area contributed by atoms with Crippen LogP contribution in [-0.2, 0) is 14.3 Å². The molecule has 8 N–H and O–H groups in total. The lowest BCUT2D eigenvalue weighted by Crippen LogP contribution is -2.60. The van der Waals surface area contributed by atoms with E-state index >= 15 is 0 Å². The zero-order chi connectivity index (χ0) is 40.5. The van der Waals surface area contributed by atoms with Crippen molar-refractivity contribution < 1.29 is 50.0 Å². The fourth-order valence-electron chi connectivity index (χ4n) is 7.27. The predicted molar refractivity (Wildman–Crippen MR) is 219 cm³/mol. The smallest absolute Gasteiger partial charge is 0.249 e. The highest BCUT2D eigenvalue weighted by Crippen LogP contribution is 2.23. The lowest BCUT2D eigenvalue weighted by molar-refractivity contribution is -0.303. The summed E-state index contributed by atoms with van der Waals surface area (Å²) in [5.74, 6) is -0.733. The maximum absolute atomic E-state index is 13.0. The van der Waals surface area contributed by atoms with Crippen molar-refractivity contribution in [1.29, 1.82) is 0 Å². The standard InChI is InChI=1S/C44H85NO10/c1-3-5-7-9-11-13-14-15-16-17-18-19-20-21-22-23-24-26-27-29-31-36(47)39(49)35(34-54-44-42(52)41(51)40(50)38(33-46)55-44)45-43(53)37(48)32-30-28-25-12-10-8-6-4-2/h25,28,35-42,44,46-52H,3-24,26-27,29-34H2,1-2H3,(H,45,53)/b28-25-. The molecule has 1 fully saturated rings. The Hall–Kier alpha value is -1.15. The van der Waals surface area contributed by atoms with Gasteiger partial charge in [0.2, 0.25) is 5.91 Å². The number of ether oxygens (including phenoxy) is 2. The number of aliphatic hydroxyl groups excluding tert-OH is 7. The largest absolute Gasteiger partial charge is 0.394 e. The minimum atomic E-state index is -1.66. The minimum absolute atomic E-state index is 0.176. The molecule has 1 amide bonds. The molecule has 1 aliphatic rings. The van der Waals surface area contributed by atoms with E-state index in [1.165, 1.54) is 122 Å². The fraction of sp³-hybridized carbons (Fsp3) is 0.932. The third-order valence-corrected chi connectivity index (χ3v) is 11.1. The number of nitrogens with one attached hydrogen (secondary N) is 1. The van der Waals surface area contributed by atoms with E-state index < -0.39 is 74.2 Å². The van der Waals surface area contributed by atoms with Crippen LogP contribution < -0.4 is 5.32 Å². The van der Waals surface area contributed by atoms with E-state index in [0.29, 0.717) is 19.3 Å². The van der Waals surface area contributed by atoms with Crippen LogP contribution in [0.25, 0.3) is 0 Å². The zero-order valence-electron chi connectivity index (χ0n) is 34.9. The third kappa shape index (κ3) is 25.1. The molecule has 0 saturated carbocycles. The number of unbranched alkanes of at least 4 members (excludes halogenated alkanes) is 23. The summed E-state index contributed by atoms with van der Waals surface area (Å²) in [6, 6.07) is -1.18. The Labute approximate surface area is 334 Å². The van der Waals surface area contributed by atoms with Crippen LogP contribution in [0.15, 0.2) is 12.2 Å². The summed E-state index contributed by atoms with van der Waals surface area (Å²) in [5.41, 5.74) is 0. The summed E-state index contributed by atoms with van der Waals surface area (Å²) in [5, 5.41) is 75.3. The zero-order valence-corrected chi connectivity index (χ0v) is 34.9. The molecule has 11 heteroatoms. The summed E-state index contributed by atoms with van der Waals surface area (Å²) in [7, 11) is 0. The van der Waals surface area contributed by atoms with Gasteiger partial charge in [0.25, 0.3) is 0 Å². The Morgan fingerprint density at radius 3 is 1.56 bits per heavy atom. The summed E-state index contributed by atoms with van der Waals surface area (Å²) in [6.07, 6.45) is 24.4. The first-order valence-corrected chi connectivity index (χ1v) is 22.6. The minimum Gasteiger partial charge on any atom is -0.394 e. The molecule has 55 heavy (non-hydrogen) atoms. The van der Waals surface area contributed by atoms with Crippen molar-refractivity contribution in [3.8, 4) is 0 Å². The predicted octanol–water partition coefficient (Wildman–Crippen LogP) is 6.89. The van der Waals surface area contributed by atoms with Crippen LogP contribution in [0, 0.1) is 0 Å². The second kappa shape index (κ2) is 34.9. The second-order valence-corrected chi connectivity index (χ2v) is 16.1. The molecule has 0 aromatic heterocycles. The monoisotopic (exact) mass is 788 g/mol. The van der Waals surface area contributed by atoms with Crippen LogP contribution in [0.3, 0.4) is 0 Å². The highest BCUT2D eigenvalue weighted by molar-refractivity contribution is 5.80. The van der Waals surface area contributed by atoms with E-state index in [4.69, 9.17) is 9.47 Å². The number of aliphatic hydroxyl groups is 7. The molecule has 0 aromatic rings. The quantitative estimate of drug-likeness (QED) is 0.0243. The number of hydrogen-bond donors (Lipinski definition) is 8. The number of rotatable bonds is 37. The number of allylic oxidation sites excluding steroid dienone is 2. The van der Waals surface area contributed by atoms with E-state index in [1.807, 2.05) is 6.08 Å². The van der Waals surface area contributed by atoms with E-state index in [9.17, 15) is 40.5 Å². The second-order valence-electron chi connectivity index (χ2n) is 16.1. The topological polar surface area (TPSA) is 189 Å². The van der Waals surface area contributed by atoms with Crippen molar-refractivity contribution in [2.45, 2.75) is 249 Å². The van der Waals surface area contributed by atoms with Crippen molar-refractivity contribution in [1.82, 2.24) is 5.32 Å². The van der Waals surface area contributed by atoms with Crippen molar-refractivity contribution >= 4 is 5.91 Å². The van der Waals surface area contributed by atoms with Crippen molar-refractivity contribution in [2.75, 3.05) is 13.2 Å².